The van der Waals surface area contributed by atoms with Gasteiger partial charge in [-0.05, 0) is 48.6 Å². The monoisotopic (exact) mass is 531 g/mol. The Morgan fingerprint density at radius 2 is 1.95 bits per heavy atom. The van der Waals surface area contributed by atoms with Crippen LogP contribution in [0.1, 0.15) is 30.0 Å². The highest BCUT2D eigenvalue weighted by Crippen LogP contribution is 2.40. The van der Waals surface area contributed by atoms with Gasteiger partial charge in [-0.3, -0.25) is 19.9 Å². The van der Waals surface area contributed by atoms with E-state index in [4.69, 9.17) is 16.6 Å². The van der Waals surface area contributed by atoms with Crippen molar-refractivity contribution in [2.75, 3.05) is 11.9 Å². The fourth-order valence-corrected chi connectivity index (χ4v) is 4.72. The number of para-hydroxylation sites is 1. The Morgan fingerprint density at radius 1 is 1.13 bits per heavy atom. The number of amides is 1. The number of non-ortho nitro benzene ring substituents is 1. The number of nitro groups is 1. The molecule has 2 atom stereocenters. The third kappa shape index (κ3) is 5.23. The fourth-order valence-electron chi connectivity index (χ4n) is 4.39. The first-order valence-electron chi connectivity index (χ1n) is 11.8. The van der Waals surface area contributed by atoms with Crippen molar-refractivity contribution in [1.82, 2.24) is 15.2 Å². The number of halogens is 1. The summed E-state index contributed by atoms with van der Waals surface area (Å²) in [5.74, 6) is 0.119. The molecule has 5 rings (SSSR count). The summed E-state index contributed by atoms with van der Waals surface area (Å²) < 4.78 is 20.2. The van der Waals surface area contributed by atoms with Gasteiger partial charge in [-0.15, -0.1) is 0 Å². The smallest absolute Gasteiger partial charge is 0.270 e. The van der Waals surface area contributed by atoms with Crippen molar-refractivity contribution in [2.24, 2.45) is 0 Å². The highest BCUT2D eigenvalue weighted by atomic mass is 32.1. The van der Waals surface area contributed by atoms with E-state index < -0.39 is 16.8 Å². The maximum atomic E-state index is 14.0. The van der Waals surface area contributed by atoms with E-state index in [0.717, 1.165) is 5.69 Å². The molecule has 3 heterocycles. The van der Waals surface area contributed by atoms with Gasteiger partial charge in [-0.1, -0.05) is 30.3 Å². The van der Waals surface area contributed by atoms with Crippen molar-refractivity contribution in [1.29, 1.82) is 0 Å². The summed E-state index contributed by atoms with van der Waals surface area (Å²) in [4.78, 5) is 29.7. The number of carbonyl (C=O) groups excluding carboxylic acids is 1. The minimum absolute atomic E-state index is 0.0417. The molecule has 0 spiro atoms. The van der Waals surface area contributed by atoms with Crippen molar-refractivity contribution in [3.05, 3.63) is 112 Å². The summed E-state index contributed by atoms with van der Waals surface area (Å²) in [6.45, 7) is 0.229. The molecule has 1 aliphatic rings. The number of nitrogens with one attached hydrogen (secondary N) is 2. The molecule has 11 heteroatoms. The predicted molar refractivity (Wildman–Crippen MR) is 143 cm³/mol. The fraction of sp³-hybridized carbons (Fsp3) is 0.148. The quantitative estimate of drug-likeness (QED) is 0.177. The second-order valence-electron chi connectivity index (χ2n) is 8.61. The van der Waals surface area contributed by atoms with E-state index >= 15 is 0 Å². The largest absolute Gasteiger partial charge is 0.459 e. The second-order valence-corrected chi connectivity index (χ2v) is 8.99. The normalized spacial score (nSPS) is 16.8. The average Bonchev–Trinajstić information content (AvgIpc) is 3.54. The third-order valence-electron chi connectivity index (χ3n) is 6.19. The van der Waals surface area contributed by atoms with Gasteiger partial charge in [0.15, 0.2) is 5.11 Å². The number of hydrogen-bond acceptors (Lipinski definition) is 6. The molecule has 1 aliphatic heterocycles. The Labute approximate surface area is 222 Å². The molecule has 0 bridgehead atoms. The Hall–Kier alpha value is -4.64. The Kier molecular flexibility index (Phi) is 7.09. The molecule has 0 saturated carbocycles. The molecule has 0 aliphatic carbocycles. The molecule has 4 aromatic rings. The number of nitro benzene ring substituents is 1. The first-order valence-corrected chi connectivity index (χ1v) is 12.2. The average molecular weight is 532 g/mol. The summed E-state index contributed by atoms with van der Waals surface area (Å²) in [7, 11) is 0. The summed E-state index contributed by atoms with van der Waals surface area (Å²) >= 11 is 5.62. The van der Waals surface area contributed by atoms with Crippen LogP contribution in [0.2, 0.25) is 0 Å². The van der Waals surface area contributed by atoms with E-state index in [1.165, 1.54) is 24.3 Å². The first-order chi connectivity index (χ1) is 18.4. The summed E-state index contributed by atoms with van der Waals surface area (Å²) in [5.41, 5.74) is 1.35. The molecule has 1 fully saturated rings. The number of anilines is 1. The Morgan fingerprint density at radius 3 is 2.71 bits per heavy atom. The van der Waals surface area contributed by atoms with Crippen molar-refractivity contribution in [3.8, 4) is 11.3 Å². The summed E-state index contributed by atoms with van der Waals surface area (Å²) in [5, 5.41) is 17.5. The summed E-state index contributed by atoms with van der Waals surface area (Å²) in [6.07, 6.45) is 1.72. The number of furan rings is 1. The Bertz CT molecular complexity index is 1500. The molecule has 9 nitrogen and oxygen atoms in total. The van der Waals surface area contributed by atoms with E-state index in [9.17, 15) is 19.3 Å². The lowest BCUT2D eigenvalue weighted by Crippen LogP contribution is -2.32. The standard InChI is InChI=1S/C27H22FN5O4S/c28-19-8-1-2-9-20(19)30-24(34)13-15-32-26(25(31-27(32)38)21-10-3-4-14-29-21)23-12-11-22(37-23)17-6-5-7-18(16-17)33(35)36/h1-12,14,16,25-26H,13,15H2,(H,30,34)(H,31,38)/t25-,26-/m1/s1. The van der Waals surface area contributed by atoms with Gasteiger partial charge in [0.2, 0.25) is 5.91 Å². The van der Waals surface area contributed by atoms with Crippen LogP contribution in [0.3, 0.4) is 0 Å². The number of carbonyl (C=O) groups is 1. The van der Waals surface area contributed by atoms with Crippen molar-refractivity contribution >= 4 is 34.6 Å². The molecule has 1 amide bonds. The highest BCUT2D eigenvalue weighted by molar-refractivity contribution is 7.80. The van der Waals surface area contributed by atoms with Crippen molar-refractivity contribution in [2.45, 2.75) is 18.5 Å². The van der Waals surface area contributed by atoms with Crippen LogP contribution in [-0.2, 0) is 4.79 Å². The second kappa shape index (κ2) is 10.8. The molecule has 1 saturated heterocycles. The molecule has 0 unspecified atom stereocenters. The van der Waals surface area contributed by atoms with E-state index in [2.05, 4.69) is 15.6 Å². The van der Waals surface area contributed by atoms with Crippen LogP contribution in [0.15, 0.2) is 89.5 Å². The lowest BCUT2D eigenvalue weighted by molar-refractivity contribution is -0.384. The first kappa shape index (κ1) is 25.0. The number of pyridine rings is 1. The van der Waals surface area contributed by atoms with Crippen molar-refractivity contribution in [3.63, 3.8) is 0 Å². The molecular weight excluding hydrogens is 509 g/mol. The number of thiocarbonyl (C=S) groups is 1. The van der Waals surface area contributed by atoms with Gasteiger partial charge in [0.05, 0.1) is 22.3 Å². The minimum Gasteiger partial charge on any atom is -0.459 e. The summed E-state index contributed by atoms with van der Waals surface area (Å²) in [6, 6.07) is 20.4. The van der Waals surface area contributed by atoms with E-state index in [1.807, 2.05) is 23.1 Å². The van der Waals surface area contributed by atoms with Crippen LogP contribution < -0.4 is 10.6 Å². The molecule has 2 N–H and O–H groups in total. The van der Waals surface area contributed by atoms with Crippen molar-refractivity contribution < 1.29 is 18.5 Å². The molecule has 2 aromatic heterocycles. The van der Waals surface area contributed by atoms with Gasteiger partial charge in [-0.2, -0.15) is 0 Å². The van der Waals surface area contributed by atoms with E-state index in [-0.39, 0.29) is 36.3 Å². The minimum atomic E-state index is -0.517. The topological polar surface area (TPSA) is 114 Å². The zero-order valence-corrected chi connectivity index (χ0v) is 20.7. The van der Waals surface area contributed by atoms with Gasteiger partial charge < -0.3 is 20.0 Å². The van der Waals surface area contributed by atoms with Gasteiger partial charge in [0.1, 0.15) is 23.4 Å². The molecular formula is C27H22FN5O4S. The van der Waals surface area contributed by atoms with Crippen LogP contribution in [0, 0.1) is 15.9 Å². The number of rotatable bonds is 8. The molecule has 0 radical (unpaired) electrons. The van der Waals surface area contributed by atoms with Gasteiger partial charge in [0.25, 0.3) is 5.69 Å². The number of hydrogen-bond donors (Lipinski definition) is 2. The molecule has 38 heavy (non-hydrogen) atoms. The molecule has 2 aromatic carbocycles. The van der Waals surface area contributed by atoms with Gasteiger partial charge in [-0.25, -0.2) is 4.39 Å². The predicted octanol–water partition coefficient (Wildman–Crippen LogP) is 5.39. The number of benzene rings is 2. The van der Waals surface area contributed by atoms with Crippen LogP contribution in [0.25, 0.3) is 11.3 Å². The van der Waals surface area contributed by atoms with E-state index in [1.54, 1.807) is 42.6 Å². The lowest BCUT2D eigenvalue weighted by atomic mass is 10.0. The SMILES string of the molecule is O=C(CCN1C(=S)N[C@H](c2ccccn2)[C@H]1c1ccc(-c2cccc([N+](=O)[O-])c2)o1)Nc1ccccc1F. The zero-order valence-electron chi connectivity index (χ0n) is 19.9. The van der Waals surface area contributed by atoms with Gasteiger partial charge >= 0.3 is 0 Å². The van der Waals surface area contributed by atoms with E-state index in [0.29, 0.717) is 22.2 Å². The van der Waals surface area contributed by atoms with Crippen LogP contribution in [0.4, 0.5) is 15.8 Å². The number of aromatic nitrogens is 1. The number of nitrogens with zero attached hydrogens (tertiary/aromatic N) is 3. The maximum Gasteiger partial charge on any atom is 0.270 e. The molecule has 192 valence electrons. The van der Waals surface area contributed by atoms with Crippen LogP contribution >= 0.6 is 12.2 Å². The lowest BCUT2D eigenvalue weighted by Gasteiger charge is -2.25. The highest BCUT2D eigenvalue weighted by Gasteiger charge is 2.41. The van der Waals surface area contributed by atoms with Crippen LogP contribution in [0.5, 0.6) is 0 Å². The third-order valence-corrected chi connectivity index (χ3v) is 6.54. The maximum absolute atomic E-state index is 14.0. The van der Waals surface area contributed by atoms with Gasteiger partial charge in [0, 0.05) is 36.9 Å². The Balaban J connectivity index is 1.41. The van der Waals surface area contributed by atoms with Crippen LogP contribution in [-0.4, -0.2) is 32.4 Å². The zero-order chi connectivity index (χ0) is 26.6.